The van der Waals surface area contributed by atoms with Crippen molar-refractivity contribution in [1.29, 1.82) is 0 Å². The monoisotopic (exact) mass is 396 g/mol. The molecule has 1 saturated heterocycles. The molecule has 0 bridgehead atoms. The molecule has 0 aromatic heterocycles. The first kappa shape index (κ1) is 18.9. The number of thioether (sulfide) groups is 1. The molecule has 6 heteroatoms. The Labute approximate surface area is 169 Å². The smallest absolute Gasteiger partial charge is 0.237 e. The molecule has 0 saturated carbocycles. The summed E-state index contributed by atoms with van der Waals surface area (Å²) in [6, 6.07) is 17.8. The van der Waals surface area contributed by atoms with Crippen LogP contribution in [-0.4, -0.2) is 35.4 Å². The zero-order valence-corrected chi connectivity index (χ0v) is 16.6. The lowest BCUT2D eigenvalue weighted by Gasteiger charge is -2.25. The summed E-state index contributed by atoms with van der Waals surface area (Å²) in [6.07, 6.45) is 4.64. The number of amides is 1. The third-order valence-electron chi connectivity index (χ3n) is 4.91. The van der Waals surface area contributed by atoms with Crippen LogP contribution in [0.5, 0.6) is 11.5 Å². The number of carbonyl (C=O) groups excluding carboxylic acids is 1. The van der Waals surface area contributed by atoms with Crippen LogP contribution >= 0.6 is 11.8 Å². The van der Waals surface area contributed by atoms with E-state index in [0.29, 0.717) is 6.54 Å². The summed E-state index contributed by atoms with van der Waals surface area (Å²) in [5, 5.41) is 4.89. The standard InChI is InChI=1S/C22H24N2O3S/c1-16-11-13-26-24(16)15-18-12-14-28-21(22(25)23-18)17-7-9-20(10-8-17)27-19-5-3-2-4-6-19/h2-11,13,16,18,21H,12,14-15H2,1H3,(H,23,25)/t16?,18-,21+/m0/s1. The maximum atomic E-state index is 12.8. The summed E-state index contributed by atoms with van der Waals surface area (Å²) in [4.78, 5) is 18.3. The fourth-order valence-electron chi connectivity index (χ4n) is 3.32. The first-order valence-corrected chi connectivity index (χ1v) is 10.6. The van der Waals surface area contributed by atoms with Gasteiger partial charge < -0.3 is 14.9 Å². The van der Waals surface area contributed by atoms with Crippen molar-refractivity contribution < 1.29 is 14.4 Å². The Kier molecular flexibility index (Phi) is 5.88. The van der Waals surface area contributed by atoms with Gasteiger partial charge in [-0.1, -0.05) is 30.3 Å². The van der Waals surface area contributed by atoms with Crippen molar-refractivity contribution in [3.63, 3.8) is 0 Å². The molecule has 5 nitrogen and oxygen atoms in total. The second kappa shape index (κ2) is 8.71. The number of hydroxylamine groups is 2. The molecular formula is C22H24N2O3S. The van der Waals surface area contributed by atoms with Crippen LogP contribution in [0.2, 0.25) is 0 Å². The van der Waals surface area contributed by atoms with Crippen molar-refractivity contribution in [3.05, 3.63) is 72.5 Å². The van der Waals surface area contributed by atoms with E-state index in [1.165, 1.54) is 0 Å². The average molecular weight is 397 g/mol. The lowest BCUT2D eigenvalue weighted by Crippen LogP contribution is -2.44. The van der Waals surface area contributed by atoms with E-state index in [-0.39, 0.29) is 23.2 Å². The second-order valence-corrected chi connectivity index (χ2v) is 8.22. The summed E-state index contributed by atoms with van der Waals surface area (Å²) in [5.41, 5.74) is 0.996. The Morgan fingerprint density at radius 2 is 1.89 bits per heavy atom. The van der Waals surface area contributed by atoms with Gasteiger partial charge in [0.1, 0.15) is 23.0 Å². The minimum absolute atomic E-state index is 0.0593. The highest BCUT2D eigenvalue weighted by atomic mass is 32.2. The quantitative estimate of drug-likeness (QED) is 0.817. The van der Waals surface area contributed by atoms with Gasteiger partial charge in [-0.05, 0) is 55.0 Å². The van der Waals surface area contributed by atoms with Gasteiger partial charge in [0.05, 0.1) is 12.6 Å². The van der Waals surface area contributed by atoms with E-state index >= 15 is 0 Å². The Morgan fingerprint density at radius 3 is 2.61 bits per heavy atom. The van der Waals surface area contributed by atoms with E-state index < -0.39 is 0 Å². The molecule has 0 aliphatic carbocycles. The molecule has 28 heavy (non-hydrogen) atoms. The average Bonchev–Trinajstić information content (AvgIpc) is 3.01. The van der Waals surface area contributed by atoms with Gasteiger partial charge in [0.2, 0.25) is 5.91 Å². The van der Waals surface area contributed by atoms with E-state index in [1.807, 2.05) is 65.7 Å². The first-order valence-electron chi connectivity index (χ1n) is 9.54. The molecule has 2 aliphatic heterocycles. The molecule has 0 radical (unpaired) electrons. The number of ether oxygens (including phenoxy) is 1. The summed E-state index contributed by atoms with van der Waals surface area (Å²) < 4.78 is 5.84. The Morgan fingerprint density at radius 1 is 1.14 bits per heavy atom. The van der Waals surface area contributed by atoms with Gasteiger partial charge in [-0.25, -0.2) is 0 Å². The molecule has 4 rings (SSSR count). The number of carbonyl (C=O) groups is 1. The van der Waals surface area contributed by atoms with Crippen molar-refractivity contribution in [2.75, 3.05) is 12.3 Å². The lowest BCUT2D eigenvalue weighted by molar-refractivity contribution is -0.125. The van der Waals surface area contributed by atoms with Crippen LogP contribution in [0.25, 0.3) is 0 Å². The second-order valence-electron chi connectivity index (χ2n) is 7.00. The fourth-order valence-corrected chi connectivity index (χ4v) is 4.54. The van der Waals surface area contributed by atoms with Crippen LogP contribution in [0.3, 0.4) is 0 Å². The van der Waals surface area contributed by atoms with E-state index in [1.54, 1.807) is 18.0 Å². The van der Waals surface area contributed by atoms with Crippen LogP contribution in [0.15, 0.2) is 66.9 Å². The molecule has 146 valence electrons. The Hall–Kier alpha value is -2.44. The zero-order valence-electron chi connectivity index (χ0n) is 15.8. The number of hydrogen-bond donors (Lipinski definition) is 1. The minimum atomic E-state index is -0.203. The SMILES string of the molecule is CC1C=CON1C[C@@H]1CCS[C@H](c2ccc(Oc3ccccc3)cc2)C(=O)N1. The van der Waals surface area contributed by atoms with E-state index in [9.17, 15) is 4.79 Å². The van der Waals surface area contributed by atoms with Gasteiger partial charge in [-0.15, -0.1) is 16.8 Å². The molecular weight excluding hydrogens is 372 g/mol. The third-order valence-corrected chi connectivity index (χ3v) is 6.20. The number of nitrogens with one attached hydrogen (secondary N) is 1. The number of hydrogen-bond acceptors (Lipinski definition) is 5. The van der Waals surface area contributed by atoms with Crippen LogP contribution in [0.4, 0.5) is 0 Å². The van der Waals surface area contributed by atoms with Crippen molar-refractivity contribution >= 4 is 17.7 Å². The number of rotatable bonds is 5. The van der Waals surface area contributed by atoms with Crippen molar-refractivity contribution in [2.45, 2.75) is 30.7 Å². The van der Waals surface area contributed by atoms with Crippen LogP contribution < -0.4 is 10.1 Å². The van der Waals surface area contributed by atoms with Gasteiger partial charge in [-0.2, -0.15) is 0 Å². The van der Waals surface area contributed by atoms with Gasteiger partial charge in [0.15, 0.2) is 0 Å². The third kappa shape index (κ3) is 4.51. The molecule has 1 unspecified atom stereocenters. The van der Waals surface area contributed by atoms with Gasteiger partial charge in [-0.3, -0.25) is 4.79 Å². The Bertz CT molecular complexity index is 825. The number of benzene rings is 2. The highest BCUT2D eigenvalue weighted by Crippen LogP contribution is 2.34. The predicted molar refractivity (Wildman–Crippen MR) is 111 cm³/mol. The fraction of sp³-hybridized carbons (Fsp3) is 0.318. The molecule has 1 amide bonds. The largest absolute Gasteiger partial charge is 0.457 e. The molecule has 1 fully saturated rings. The molecule has 0 spiro atoms. The molecule has 2 heterocycles. The van der Waals surface area contributed by atoms with Gasteiger partial charge in [0, 0.05) is 6.04 Å². The maximum Gasteiger partial charge on any atom is 0.237 e. The molecule has 2 aromatic rings. The highest BCUT2D eigenvalue weighted by Gasteiger charge is 2.30. The summed E-state index contributed by atoms with van der Waals surface area (Å²) in [6.45, 7) is 2.77. The van der Waals surface area contributed by atoms with Crippen LogP contribution in [-0.2, 0) is 9.63 Å². The van der Waals surface area contributed by atoms with E-state index in [4.69, 9.17) is 9.57 Å². The molecule has 3 atom stereocenters. The zero-order chi connectivity index (χ0) is 19.3. The topological polar surface area (TPSA) is 50.8 Å². The van der Waals surface area contributed by atoms with E-state index in [0.717, 1.165) is 29.2 Å². The summed E-state index contributed by atoms with van der Waals surface area (Å²) >= 11 is 1.69. The van der Waals surface area contributed by atoms with E-state index in [2.05, 4.69) is 12.2 Å². The maximum absolute atomic E-state index is 12.8. The van der Waals surface area contributed by atoms with Crippen molar-refractivity contribution in [3.8, 4) is 11.5 Å². The summed E-state index contributed by atoms with van der Waals surface area (Å²) in [5.74, 6) is 2.54. The molecule has 2 aromatic carbocycles. The van der Waals surface area contributed by atoms with Crippen LogP contribution in [0, 0.1) is 0 Å². The predicted octanol–water partition coefficient (Wildman–Crippen LogP) is 4.29. The molecule has 2 aliphatic rings. The summed E-state index contributed by atoms with van der Waals surface area (Å²) in [7, 11) is 0. The van der Waals surface area contributed by atoms with Gasteiger partial charge >= 0.3 is 0 Å². The van der Waals surface area contributed by atoms with Gasteiger partial charge in [0.25, 0.3) is 0 Å². The lowest BCUT2D eigenvalue weighted by atomic mass is 10.1. The van der Waals surface area contributed by atoms with Crippen LogP contribution in [0.1, 0.15) is 24.2 Å². The Balaban J connectivity index is 1.38. The number of nitrogens with zero attached hydrogens (tertiary/aromatic N) is 1. The number of para-hydroxylation sites is 1. The normalized spacial score (nSPS) is 25.0. The molecule has 1 N–H and O–H groups in total. The van der Waals surface area contributed by atoms with Crippen molar-refractivity contribution in [2.24, 2.45) is 0 Å². The highest BCUT2D eigenvalue weighted by molar-refractivity contribution is 8.00. The first-order chi connectivity index (χ1) is 13.7. The van der Waals surface area contributed by atoms with Crippen molar-refractivity contribution in [1.82, 2.24) is 10.4 Å². The minimum Gasteiger partial charge on any atom is -0.457 e.